The lowest BCUT2D eigenvalue weighted by molar-refractivity contribution is -0.122. The van der Waals surface area contributed by atoms with Crippen LogP contribution in [0.3, 0.4) is 0 Å². The fourth-order valence-corrected chi connectivity index (χ4v) is 2.50. The Kier molecular flexibility index (Phi) is 4.59. The number of hydrogen-bond donors (Lipinski definition) is 2. The highest BCUT2D eigenvalue weighted by molar-refractivity contribution is 5.97. The van der Waals surface area contributed by atoms with Crippen LogP contribution < -0.4 is 10.6 Å². The van der Waals surface area contributed by atoms with Gasteiger partial charge in [-0.3, -0.25) is 9.59 Å². The second-order valence-corrected chi connectivity index (χ2v) is 6.17. The minimum Gasteiger partial charge on any atom is -0.347 e. The number of carbonyl (C=O) groups excluding carboxylic acids is 2. The van der Waals surface area contributed by atoms with E-state index in [0.717, 1.165) is 24.2 Å². The fraction of sp³-hybridized carbons (Fsp3) is 0.412. The molecule has 0 spiro atoms. The van der Waals surface area contributed by atoms with Gasteiger partial charge in [0.15, 0.2) is 5.82 Å². The Morgan fingerprint density at radius 1 is 1.38 bits per heavy atom. The molecule has 1 unspecified atom stereocenters. The highest BCUT2D eigenvalue weighted by Crippen LogP contribution is 2.35. The van der Waals surface area contributed by atoms with E-state index in [1.54, 1.807) is 25.4 Å². The summed E-state index contributed by atoms with van der Waals surface area (Å²) in [6.07, 6.45) is 3.95. The smallest absolute Gasteiger partial charge is 0.251 e. The van der Waals surface area contributed by atoms with Gasteiger partial charge < -0.3 is 15.2 Å². The first-order valence-electron chi connectivity index (χ1n) is 8.08. The Morgan fingerprint density at radius 3 is 2.88 bits per heavy atom. The number of aryl methyl sites for hydroxylation is 1. The molecule has 7 nitrogen and oxygen atoms in total. The molecule has 1 aliphatic rings. The first kappa shape index (κ1) is 16.2. The van der Waals surface area contributed by atoms with Gasteiger partial charge in [-0.25, -0.2) is 0 Å². The molecule has 0 saturated heterocycles. The zero-order chi connectivity index (χ0) is 17.1. The molecule has 7 heteroatoms. The van der Waals surface area contributed by atoms with Gasteiger partial charge in [-0.05, 0) is 38.8 Å². The molecule has 1 aliphatic carbocycles. The minimum absolute atomic E-state index is 0.249. The number of aromatic nitrogens is 3. The summed E-state index contributed by atoms with van der Waals surface area (Å²) in [5.74, 6) is 0.229. The third-order valence-corrected chi connectivity index (χ3v) is 4.03. The van der Waals surface area contributed by atoms with Gasteiger partial charge in [0.05, 0.1) is 6.54 Å². The van der Waals surface area contributed by atoms with Gasteiger partial charge in [0, 0.05) is 11.6 Å². The molecular formula is C17H21N5O2. The Morgan fingerprint density at radius 2 is 2.17 bits per heavy atom. The predicted octanol–water partition coefficient (Wildman–Crippen LogP) is 1.36. The van der Waals surface area contributed by atoms with E-state index >= 15 is 0 Å². The molecule has 2 N–H and O–H groups in total. The summed E-state index contributed by atoms with van der Waals surface area (Å²) in [5, 5.41) is 13.4. The molecule has 2 aromatic rings. The van der Waals surface area contributed by atoms with Crippen molar-refractivity contribution < 1.29 is 9.59 Å². The molecule has 1 fully saturated rings. The maximum absolute atomic E-state index is 12.2. The molecule has 2 amide bonds. The Bertz CT molecular complexity index is 751. The molecule has 1 aromatic carbocycles. The second-order valence-electron chi connectivity index (χ2n) is 6.17. The Balaban J connectivity index is 1.53. The highest BCUT2D eigenvalue weighted by atomic mass is 16.2. The van der Waals surface area contributed by atoms with Crippen LogP contribution in [0.5, 0.6) is 0 Å². The Labute approximate surface area is 140 Å². The van der Waals surface area contributed by atoms with Crippen LogP contribution >= 0.6 is 0 Å². The maximum Gasteiger partial charge on any atom is 0.251 e. The number of amides is 2. The topological polar surface area (TPSA) is 88.9 Å². The normalized spacial score (nSPS) is 14.9. The summed E-state index contributed by atoms with van der Waals surface area (Å²) in [6.45, 7) is 3.89. The number of rotatable bonds is 6. The molecule has 0 radical (unpaired) electrons. The average molecular weight is 327 g/mol. The summed E-state index contributed by atoms with van der Waals surface area (Å²) in [4.78, 5) is 24.4. The van der Waals surface area contributed by atoms with Crippen molar-refractivity contribution in [3.8, 4) is 0 Å². The lowest BCUT2D eigenvalue weighted by Crippen LogP contribution is -2.44. The number of carbonyl (C=O) groups is 2. The van der Waals surface area contributed by atoms with Crippen molar-refractivity contribution in [2.75, 3.05) is 0 Å². The first-order valence-corrected chi connectivity index (χ1v) is 8.08. The zero-order valence-electron chi connectivity index (χ0n) is 13.8. The SMILES string of the molecule is Cc1cccc(C(=O)NC(C)C(=O)NCc2nncn2C2CC2)c1. The third kappa shape index (κ3) is 3.79. The number of hydrogen-bond acceptors (Lipinski definition) is 4. The van der Waals surface area contributed by atoms with Gasteiger partial charge in [-0.2, -0.15) is 0 Å². The van der Waals surface area contributed by atoms with Gasteiger partial charge >= 0.3 is 0 Å². The summed E-state index contributed by atoms with van der Waals surface area (Å²) >= 11 is 0. The minimum atomic E-state index is -0.629. The molecule has 0 aliphatic heterocycles. The predicted molar refractivity (Wildman–Crippen MR) is 88.2 cm³/mol. The van der Waals surface area contributed by atoms with E-state index in [-0.39, 0.29) is 11.8 Å². The highest BCUT2D eigenvalue weighted by Gasteiger charge is 2.26. The van der Waals surface area contributed by atoms with Crippen molar-refractivity contribution in [2.45, 2.75) is 45.3 Å². The van der Waals surface area contributed by atoms with Crippen molar-refractivity contribution in [3.63, 3.8) is 0 Å². The van der Waals surface area contributed by atoms with Crippen molar-refractivity contribution >= 4 is 11.8 Å². The molecule has 126 valence electrons. The first-order chi connectivity index (χ1) is 11.5. The maximum atomic E-state index is 12.2. The molecule has 1 atom stereocenters. The van der Waals surface area contributed by atoms with Crippen molar-refractivity contribution in [1.29, 1.82) is 0 Å². The zero-order valence-corrected chi connectivity index (χ0v) is 13.8. The monoisotopic (exact) mass is 327 g/mol. The van der Waals surface area contributed by atoms with Crippen LogP contribution in [0.4, 0.5) is 0 Å². The van der Waals surface area contributed by atoms with Crippen LogP contribution in [-0.2, 0) is 11.3 Å². The van der Waals surface area contributed by atoms with E-state index in [1.807, 2.05) is 23.6 Å². The fourth-order valence-electron chi connectivity index (χ4n) is 2.50. The molecular weight excluding hydrogens is 306 g/mol. The summed E-state index contributed by atoms with van der Waals surface area (Å²) in [6, 6.07) is 7.09. The third-order valence-electron chi connectivity index (χ3n) is 4.03. The molecule has 3 rings (SSSR count). The summed E-state index contributed by atoms with van der Waals surface area (Å²) < 4.78 is 2.00. The number of nitrogens with zero attached hydrogens (tertiary/aromatic N) is 3. The van der Waals surface area contributed by atoms with E-state index < -0.39 is 6.04 Å². The quantitative estimate of drug-likeness (QED) is 0.838. The van der Waals surface area contributed by atoms with E-state index in [4.69, 9.17) is 0 Å². The van der Waals surface area contributed by atoms with Gasteiger partial charge in [0.25, 0.3) is 5.91 Å². The van der Waals surface area contributed by atoms with Crippen LogP contribution in [0, 0.1) is 6.92 Å². The number of nitrogens with one attached hydrogen (secondary N) is 2. The van der Waals surface area contributed by atoms with E-state index in [9.17, 15) is 9.59 Å². The van der Waals surface area contributed by atoms with Gasteiger partial charge in [0.2, 0.25) is 5.91 Å². The summed E-state index contributed by atoms with van der Waals surface area (Å²) in [7, 11) is 0. The molecule has 0 bridgehead atoms. The van der Waals surface area contributed by atoms with E-state index in [0.29, 0.717) is 18.2 Å². The summed E-state index contributed by atoms with van der Waals surface area (Å²) in [5.41, 5.74) is 1.54. The van der Waals surface area contributed by atoms with Crippen molar-refractivity contribution in [3.05, 3.63) is 47.5 Å². The lowest BCUT2D eigenvalue weighted by Gasteiger charge is -2.14. The van der Waals surface area contributed by atoms with Gasteiger partial charge in [-0.1, -0.05) is 17.7 Å². The van der Waals surface area contributed by atoms with Crippen molar-refractivity contribution in [2.24, 2.45) is 0 Å². The average Bonchev–Trinajstić information content (AvgIpc) is 3.30. The van der Waals surface area contributed by atoms with E-state index in [1.165, 1.54) is 0 Å². The van der Waals surface area contributed by atoms with Crippen LogP contribution in [0.2, 0.25) is 0 Å². The molecule has 1 saturated carbocycles. The number of benzene rings is 1. The molecule has 1 aromatic heterocycles. The Hall–Kier alpha value is -2.70. The standard InChI is InChI=1S/C17H21N5O2/c1-11-4-3-5-13(8-11)17(24)20-12(2)16(23)18-9-15-21-19-10-22(15)14-6-7-14/h3-5,8,10,12,14H,6-7,9H2,1-2H3,(H,18,23)(H,20,24). The van der Waals surface area contributed by atoms with Crippen LogP contribution in [-0.4, -0.2) is 32.6 Å². The van der Waals surface area contributed by atoms with Crippen molar-refractivity contribution in [1.82, 2.24) is 25.4 Å². The van der Waals surface area contributed by atoms with Crippen LogP contribution in [0.1, 0.15) is 47.6 Å². The largest absolute Gasteiger partial charge is 0.347 e. The van der Waals surface area contributed by atoms with Gasteiger partial charge in [-0.15, -0.1) is 10.2 Å². The lowest BCUT2D eigenvalue weighted by atomic mass is 10.1. The van der Waals surface area contributed by atoms with E-state index in [2.05, 4.69) is 20.8 Å². The molecule has 24 heavy (non-hydrogen) atoms. The van der Waals surface area contributed by atoms with Crippen LogP contribution in [0.25, 0.3) is 0 Å². The van der Waals surface area contributed by atoms with Gasteiger partial charge in [0.1, 0.15) is 12.4 Å². The second kappa shape index (κ2) is 6.82. The van der Waals surface area contributed by atoms with Crippen LogP contribution in [0.15, 0.2) is 30.6 Å². The molecule has 1 heterocycles.